The van der Waals surface area contributed by atoms with E-state index in [1.165, 1.54) is 24.8 Å². The topological polar surface area (TPSA) is 3.24 Å². The Labute approximate surface area is 86.7 Å². The molecule has 0 aliphatic heterocycles. The Balaban J connectivity index is 2.02. The molecule has 1 fully saturated rings. The van der Waals surface area contributed by atoms with E-state index < -0.39 is 0 Å². The summed E-state index contributed by atoms with van der Waals surface area (Å²) in [5, 5.41) is 0. The highest BCUT2D eigenvalue weighted by Gasteiger charge is 2.18. The van der Waals surface area contributed by atoms with Crippen molar-refractivity contribution in [2.75, 3.05) is 14.1 Å². The van der Waals surface area contributed by atoms with Crippen molar-refractivity contribution in [1.29, 1.82) is 0 Å². The zero-order valence-electron chi connectivity index (χ0n) is 9.16. The standard InChI is InChI=1S/C13H19N/c1-14(2)10-11-6-8-13(9-7-11)12-4-3-5-12/h6-9,12H,3-5,10H2,1-2H3. The fraction of sp³-hybridized carbons (Fsp3) is 0.538. The van der Waals surface area contributed by atoms with Crippen molar-refractivity contribution in [3.63, 3.8) is 0 Å². The molecule has 0 heterocycles. The quantitative estimate of drug-likeness (QED) is 0.706. The number of benzene rings is 1. The van der Waals surface area contributed by atoms with E-state index in [1.807, 2.05) is 0 Å². The maximum atomic E-state index is 2.31. The summed E-state index contributed by atoms with van der Waals surface area (Å²) in [7, 11) is 4.22. The van der Waals surface area contributed by atoms with Gasteiger partial charge >= 0.3 is 0 Å². The van der Waals surface area contributed by atoms with Crippen LogP contribution in [-0.2, 0) is 6.54 Å². The Kier molecular flexibility index (Phi) is 2.87. The van der Waals surface area contributed by atoms with E-state index >= 15 is 0 Å². The van der Waals surface area contributed by atoms with Crippen molar-refractivity contribution in [2.45, 2.75) is 31.7 Å². The van der Waals surface area contributed by atoms with Gasteiger partial charge in [-0.05, 0) is 44.0 Å². The van der Waals surface area contributed by atoms with E-state index in [9.17, 15) is 0 Å². The molecular weight excluding hydrogens is 170 g/mol. The third-order valence-corrected chi connectivity index (χ3v) is 3.06. The lowest BCUT2D eigenvalue weighted by atomic mass is 9.80. The fourth-order valence-electron chi connectivity index (χ4n) is 2.00. The molecule has 0 N–H and O–H groups in total. The third kappa shape index (κ3) is 2.16. The molecule has 1 heteroatoms. The van der Waals surface area contributed by atoms with Gasteiger partial charge in [0, 0.05) is 6.54 Å². The zero-order valence-corrected chi connectivity index (χ0v) is 9.16. The highest BCUT2D eigenvalue weighted by Crippen LogP contribution is 2.36. The predicted molar refractivity (Wildman–Crippen MR) is 60.4 cm³/mol. The summed E-state index contributed by atoms with van der Waals surface area (Å²) in [5.74, 6) is 0.864. The second-order valence-electron chi connectivity index (χ2n) is 4.61. The van der Waals surface area contributed by atoms with Crippen molar-refractivity contribution in [1.82, 2.24) is 4.90 Å². The zero-order chi connectivity index (χ0) is 9.97. The summed E-state index contributed by atoms with van der Waals surface area (Å²) in [4.78, 5) is 2.21. The average Bonchev–Trinajstić information content (AvgIpc) is 2.04. The van der Waals surface area contributed by atoms with Gasteiger partial charge in [-0.25, -0.2) is 0 Å². The van der Waals surface area contributed by atoms with Gasteiger partial charge < -0.3 is 4.90 Å². The van der Waals surface area contributed by atoms with Crippen LogP contribution in [0.3, 0.4) is 0 Å². The number of nitrogens with zero attached hydrogens (tertiary/aromatic N) is 1. The van der Waals surface area contributed by atoms with Crippen LogP contribution in [0.25, 0.3) is 0 Å². The Bertz CT molecular complexity index is 283. The molecule has 0 radical (unpaired) electrons. The van der Waals surface area contributed by atoms with Crippen LogP contribution in [0.2, 0.25) is 0 Å². The van der Waals surface area contributed by atoms with Crippen LogP contribution >= 0.6 is 0 Å². The fourth-order valence-corrected chi connectivity index (χ4v) is 2.00. The maximum Gasteiger partial charge on any atom is 0.0227 e. The largest absolute Gasteiger partial charge is 0.305 e. The molecule has 1 saturated carbocycles. The summed E-state index contributed by atoms with van der Waals surface area (Å²) in [6.45, 7) is 1.05. The minimum absolute atomic E-state index is 0.864. The summed E-state index contributed by atoms with van der Waals surface area (Å²) < 4.78 is 0. The molecule has 0 bridgehead atoms. The SMILES string of the molecule is CN(C)Cc1ccc(C2CCC2)cc1. The second-order valence-corrected chi connectivity index (χ2v) is 4.61. The minimum atomic E-state index is 0.864. The molecule has 2 rings (SSSR count). The molecule has 14 heavy (non-hydrogen) atoms. The summed E-state index contributed by atoms with van der Waals surface area (Å²) in [6.07, 6.45) is 4.21. The first kappa shape index (κ1) is 9.72. The van der Waals surface area contributed by atoms with Crippen LogP contribution in [0.4, 0.5) is 0 Å². The molecule has 0 unspecified atom stereocenters. The monoisotopic (exact) mass is 189 g/mol. The molecule has 1 aromatic carbocycles. The van der Waals surface area contributed by atoms with Crippen LogP contribution in [0.1, 0.15) is 36.3 Å². The van der Waals surface area contributed by atoms with Crippen molar-refractivity contribution >= 4 is 0 Å². The summed E-state index contributed by atoms with van der Waals surface area (Å²) >= 11 is 0. The Morgan fingerprint density at radius 2 is 1.79 bits per heavy atom. The lowest BCUT2D eigenvalue weighted by molar-refractivity contribution is 0.401. The van der Waals surface area contributed by atoms with Crippen LogP contribution in [0.5, 0.6) is 0 Å². The molecule has 0 atom stereocenters. The Hall–Kier alpha value is -0.820. The minimum Gasteiger partial charge on any atom is -0.305 e. The Morgan fingerprint density at radius 3 is 2.21 bits per heavy atom. The molecule has 1 aliphatic carbocycles. The van der Waals surface area contributed by atoms with Crippen LogP contribution in [-0.4, -0.2) is 19.0 Å². The number of hydrogen-bond donors (Lipinski definition) is 0. The maximum absolute atomic E-state index is 2.31. The molecule has 0 aromatic heterocycles. The predicted octanol–water partition coefficient (Wildman–Crippen LogP) is 3.02. The molecule has 76 valence electrons. The number of hydrogen-bond acceptors (Lipinski definition) is 1. The van der Waals surface area contributed by atoms with Gasteiger partial charge in [0.2, 0.25) is 0 Å². The first-order valence-corrected chi connectivity index (χ1v) is 5.49. The lowest BCUT2D eigenvalue weighted by Crippen LogP contribution is -2.11. The highest BCUT2D eigenvalue weighted by molar-refractivity contribution is 5.26. The lowest BCUT2D eigenvalue weighted by Gasteiger charge is -2.26. The average molecular weight is 189 g/mol. The van der Waals surface area contributed by atoms with E-state index in [1.54, 1.807) is 5.56 Å². The molecule has 1 aromatic rings. The number of rotatable bonds is 3. The van der Waals surface area contributed by atoms with E-state index in [2.05, 4.69) is 43.3 Å². The second kappa shape index (κ2) is 4.14. The summed E-state index contributed by atoms with van der Waals surface area (Å²) in [5.41, 5.74) is 2.96. The van der Waals surface area contributed by atoms with Gasteiger partial charge in [-0.3, -0.25) is 0 Å². The van der Waals surface area contributed by atoms with E-state index in [4.69, 9.17) is 0 Å². The molecule has 1 nitrogen and oxygen atoms in total. The molecule has 0 spiro atoms. The Morgan fingerprint density at radius 1 is 1.14 bits per heavy atom. The van der Waals surface area contributed by atoms with Gasteiger partial charge in [-0.15, -0.1) is 0 Å². The normalized spacial score (nSPS) is 17.1. The smallest absolute Gasteiger partial charge is 0.0227 e. The van der Waals surface area contributed by atoms with Gasteiger partial charge in [0.05, 0.1) is 0 Å². The molecule has 1 aliphatic rings. The van der Waals surface area contributed by atoms with Crippen molar-refractivity contribution in [3.05, 3.63) is 35.4 Å². The van der Waals surface area contributed by atoms with Crippen molar-refractivity contribution in [2.24, 2.45) is 0 Å². The van der Waals surface area contributed by atoms with Crippen molar-refractivity contribution in [3.8, 4) is 0 Å². The van der Waals surface area contributed by atoms with Crippen molar-refractivity contribution < 1.29 is 0 Å². The first-order valence-electron chi connectivity index (χ1n) is 5.49. The molecule has 0 amide bonds. The van der Waals surface area contributed by atoms with E-state index in [0.717, 1.165) is 12.5 Å². The van der Waals surface area contributed by atoms with Gasteiger partial charge in [0.15, 0.2) is 0 Å². The van der Waals surface area contributed by atoms with E-state index in [-0.39, 0.29) is 0 Å². The summed E-state index contributed by atoms with van der Waals surface area (Å²) in [6, 6.07) is 9.16. The van der Waals surface area contributed by atoms with Gasteiger partial charge in [0.25, 0.3) is 0 Å². The molecule has 0 saturated heterocycles. The highest BCUT2D eigenvalue weighted by atomic mass is 15.0. The van der Waals surface area contributed by atoms with Gasteiger partial charge in [-0.2, -0.15) is 0 Å². The van der Waals surface area contributed by atoms with Gasteiger partial charge in [0.1, 0.15) is 0 Å². The van der Waals surface area contributed by atoms with E-state index in [0.29, 0.717) is 0 Å². The third-order valence-electron chi connectivity index (χ3n) is 3.06. The van der Waals surface area contributed by atoms with Crippen LogP contribution < -0.4 is 0 Å². The molecular formula is C13H19N. The van der Waals surface area contributed by atoms with Gasteiger partial charge in [-0.1, -0.05) is 30.7 Å². The van der Waals surface area contributed by atoms with Crippen LogP contribution in [0, 0.1) is 0 Å². The first-order chi connectivity index (χ1) is 6.75. The van der Waals surface area contributed by atoms with Crippen LogP contribution in [0.15, 0.2) is 24.3 Å².